The topological polar surface area (TPSA) is 12.5 Å². The van der Waals surface area contributed by atoms with Gasteiger partial charge < -0.3 is 9.64 Å². The molecule has 0 aromatic carbocycles. The summed E-state index contributed by atoms with van der Waals surface area (Å²) in [5, 5.41) is 0. The van der Waals surface area contributed by atoms with Crippen molar-refractivity contribution < 1.29 is 4.74 Å². The molecule has 1 aliphatic heterocycles. The molecule has 0 N–H and O–H groups in total. The predicted molar refractivity (Wildman–Crippen MR) is 86.0 cm³/mol. The molecule has 20 heavy (non-hydrogen) atoms. The zero-order valence-electron chi connectivity index (χ0n) is 14.2. The Bertz CT molecular complexity index is 269. The van der Waals surface area contributed by atoms with Crippen molar-refractivity contribution in [3.8, 4) is 0 Å². The summed E-state index contributed by atoms with van der Waals surface area (Å²) in [6.07, 6.45) is 8.83. The van der Waals surface area contributed by atoms with Gasteiger partial charge in [0, 0.05) is 13.2 Å². The van der Waals surface area contributed by atoms with Gasteiger partial charge in [-0.05, 0) is 68.9 Å². The normalized spacial score (nSPS) is 24.9. The molecular formula is C18H35NO. The maximum Gasteiger partial charge on any atom is 0.0575 e. The molecular weight excluding hydrogens is 246 g/mol. The van der Waals surface area contributed by atoms with Crippen molar-refractivity contribution in [2.45, 2.75) is 72.3 Å². The first-order valence-electron chi connectivity index (χ1n) is 8.83. The minimum absolute atomic E-state index is 0.553. The Morgan fingerprint density at radius 3 is 2.05 bits per heavy atom. The molecule has 1 spiro atoms. The maximum absolute atomic E-state index is 6.04. The zero-order chi connectivity index (χ0) is 14.6. The highest BCUT2D eigenvalue weighted by molar-refractivity contribution is 4.90. The largest absolute Gasteiger partial charge is 0.378 e. The number of nitrogens with zero attached hydrogens (tertiary/aromatic N) is 1. The first kappa shape index (κ1) is 16.3. The number of hydrogen-bond acceptors (Lipinski definition) is 2. The average molecular weight is 281 g/mol. The van der Waals surface area contributed by atoms with Crippen molar-refractivity contribution >= 4 is 0 Å². The summed E-state index contributed by atoms with van der Waals surface area (Å²) in [6.45, 7) is 14.0. The summed E-state index contributed by atoms with van der Waals surface area (Å²) in [7, 11) is 0. The van der Waals surface area contributed by atoms with Gasteiger partial charge in [-0.15, -0.1) is 0 Å². The maximum atomic E-state index is 6.04. The fourth-order valence-corrected chi connectivity index (χ4v) is 3.93. The van der Waals surface area contributed by atoms with Crippen LogP contribution in [0.15, 0.2) is 0 Å². The summed E-state index contributed by atoms with van der Waals surface area (Å²) in [5.74, 6) is 1.48. The lowest BCUT2D eigenvalue weighted by Gasteiger charge is -2.46. The molecule has 0 unspecified atom stereocenters. The quantitative estimate of drug-likeness (QED) is 0.743. The third kappa shape index (κ3) is 4.73. The van der Waals surface area contributed by atoms with Gasteiger partial charge in [0.25, 0.3) is 0 Å². The van der Waals surface area contributed by atoms with Gasteiger partial charge >= 0.3 is 0 Å². The van der Waals surface area contributed by atoms with Gasteiger partial charge in [-0.3, -0.25) is 0 Å². The molecule has 2 fully saturated rings. The molecule has 118 valence electrons. The predicted octanol–water partition coefficient (Wildman–Crippen LogP) is 4.34. The van der Waals surface area contributed by atoms with E-state index in [1.807, 2.05) is 0 Å². The van der Waals surface area contributed by atoms with Crippen LogP contribution in [0, 0.1) is 17.3 Å². The fourth-order valence-electron chi connectivity index (χ4n) is 3.93. The van der Waals surface area contributed by atoms with Crippen molar-refractivity contribution in [2.75, 3.05) is 26.2 Å². The smallest absolute Gasteiger partial charge is 0.0575 e. The van der Waals surface area contributed by atoms with E-state index in [1.165, 1.54) is 58.2 Å². The molecule has 1 heterocycles. The van der Waals surface area contributed by atoms with Crippen molar-refractivity contribution in [1.29, 1.82) is 0 Å². The first-order valence-corrected chi connectivity index (χ1v) is 8.83. The SMILES string of the molecule is CC(C)COC1CCC2(CC1)CCN(CC(C)C)CC2. The van der Waals surface area contributed by atoms with E-state index in [0.29, 0.717) is 17.4 Å². The van der Waals surface area contributed by atoms with Crippen LogP contribution in [0.4, 0.5) is 0 Å². The lowest BCUT2D eigenvalue weighted by Crippen LogP contribution is -2.43. The van der Waals surface area contributed by atoms with Crippen LogP contribution in [0.25, 0.3) is 0 Å². The van der Waals surface area contributed by atoms with Crippen LogP contribution in [-0.4, -0.2) is 37.2 Å². The summed E-state index contributed by atoms with van der Waals surface area (Å²) in [5.41, 5.74) is 0.672. The minimum atomic E-state index is 0.553. The molecule has 0 atom stereocenters. The second-order valence-corrected chi connectivity index (χ2v) is 8.12. The van der Waals surface area contributed by atoms with Crippen LogP contribution in [-0.2, 0) is 4.74 Å². The minimum Gasteiger partial charge on any atom is -0.378 e. The Kier molecular flexibility index (Phi) is 5.92. The van der Waals surface area contributed by atoms with Gasteiger partial charge in [0.1, 0.15) is 0 Å². The van der Waals surface area contributed by atoms with Crippen molar-refractivity contribution in [1.82, 2.24) is 4.90 Å². The zero-order valence-corrected chi connectivity index (χ0v) is 14.2. The second-order valence-electron chi connectivity index (χ2n) is 8.12. The molecule has 2 rings (SSSR count). The van der Waals surface area contributed by atoms with E-state index < -0.39 is 0 Å². The third-order valence-electron chi connectivity index (χ3n) is 5.20. The molecule has 1 saturated carbocycles. The van der Waals surface area contributed by atoms with Gasteiger partial charge in [-0.25, -0.2) is 0 Å². The molecule has 2 heteroatoms. The highest BCUT2D eigenvalue weighted by Crippen LogP contribution is 2.45. The van der Waals surface area contributed by atoms with Gasteiger partial charge in [0.15, 0.2) is 0 Å². The lowest BCUT2D eigenvalue weighted by atomic mass is 9.67. The van der Waals surface area contributed by atoms with Crippen LogP contribution >= 0.6 is 0 Å². The van der Waals surface area contributed by atoms with Crippen LogP contribution in [0.3, 0.4) is 0 Å². The highest BCUT2D eigenvalue weighted by Gasteiger charge is 2.38. The second kappa shape index (κ2) is 7.26. The molecule has 2 nitrogen and oxygen atoms in total. The summed E-state index contributed by atoms with van der Waals surface area (Å²) in [6, 6.07) is 0. The molecule has 0 aromatic rings. The molecule has 0 radical (unpaired) electrons. The van der Waals surface area contributed by atoms with Gasteiger partial charge in [0.05, 0.1) is 6.10 Å². The molecule has 1 aliphatic carbocycles. The Morgan fingerprint density at radius 2 is 1.55 bits per heavy atom. The standard InChI is InChI=1S/C18H35NO/c1-15(2)13-19-11-9-18(10-12-19)7-5-17(6-8-18)20-14-16(3)4/h15-17H,5-14H2,1-4H3. The Labute approximate surface area is 126 Å². The van der Waals surface area contributed by atoms with Gasteiger partial charge in [-0.1, -0.05) is 27.7 Å². The van der Waals surface area contributed by atoms with E-state index in [-0.39, 0.29) is 0 Å². The summed E-state index contributed by atoms with van der Waals surface area (Å²) in [4.78, 5) is 2.68. The summed E-state index contributed by atoms with van der Waals surface area (Å²) >= 11 is 0. The monoisotopic (exact) mass is 281 g/mol. The van der Waals surface area contributed by atoms with Crippen LogP contribution in [0.2, 0.25) is 0 Å². The molecule has 0 amide bonds. The van der Waals surface area contributed by atoms with E-state index in [2.05, 4.69) is 32.6 Å². The molecule has 1 saturated heterocycles. The van der Waals surface area contributed by atoms with Crippen LogP contribution in [0.5, 0.6) is 0 Å². The van der Waals surface area contributed by atoms with Crippen molar-refractivity contribution in [3.63, 3.8) is 0 Å². The molecule has 0 bridgehead atoms. The highest BCUT2D eigenvalue weighted by atomic mass is 16.5. The number of hydrogen-bond donors (Lipinski definition) is 0. The Morgan fingerprint density at radius 1 is 0.950 bits per heavy atom. The molecule has 0 aromatic heterocycles. The van der Waals surface area contributed by atoms with Gasteiger partial charge in [-0.2, -0.15) is 0 Å². The van der Waals surface area contributed by atoms with Crippen LogP contribution in [0.1, 0.15) is 66.2 Å². The lowest BCUT2D eigenvalue weighted by molar-refractivity contribution is -0.0319. The molecule has 2 aliphatic rings. The van der Waals surface area contributed by atoms with E-state index >= 15 is 0 Å². The van der Waals surface area contributed by atoms with E-state index in [9.17, 15) is 0 Å². The third-order valence-corrected chi connectivity index (χ3v) is 5.20. The number of rotatable bonds is 5. The summed E-state index contributed by atoms with van der Waals surface area (Å²) < 4.78 is 6.04. The van der Waals surface area contributed by atoms with Crippen LogP contribution < -0.4 is 0 Å². The first-order chi connectivity index (χ1) is 9.49. The number of likely N-dealkylation sites (tertiary alicyclic amines) is 1. The number of ether oxygens (including phenoxy) is 1. The van der Waals surface area contributed by atoms with Crippen molar-refractivity contribution in [2.24, 2.45) is 17.3 Å². The fraction of sp³-hybridized carbons (Fsp3) is 1.00. The Hall–Kier alpha value is -0.0800. The number of piperidine rings is 1. The van der Waals surface area contributed by atoms with E-state index in [1.54, 1.807) is 0 Å². The van der Waals surface area contributed by atoms with Crippen molar-refractivity contribution in [3.05, 3.63) is 0 Å². The van der Waals surface area contributed by atoms with E-state index in [0.717, 1.165) is 12.5 Å². The Balaban J connectivity index is 1.71. The van der Waals surface area contributed by atoms with E-state index in [4.69, 9.17) is 4.74 Å². The average Bonchev–Trinajstić information content (AvgIpc) is 2.40. The van der Waals surface area contributed by atoms with Gasteiger partial charge in [0.2, 0.25) is 0 Å².